The third-order valence-electron chi connectivity index (χ3n) is 3.58. The van der Waals surface area contributed by atoms with Crippen molar-refractivity contribution in [3.8, 4) is 11.5 Å². The van der Waals surface area contributed by atoms with Gasteiger partial charge < -0.3 is 20.5 Å². The largest absolute Gasteiger partial charge is 0.454 e. The van der Waals surface area contributed by atoms with E-state index < -0.39 is 17.9 Å². The second kappa shape index (κ2) is 7.27. The number of hydrogen-bond acceptors (Lipinski definition) is 4. The molecule has 0 aromatic heterocycles. The van der Waals surface area contributed by atoms with Gasteiger partial charge in [0.25, 0.3) is 0 Å². The van der Waals surface area contributed by atoms with Gasteiger partial charge in [0, 0.05) is 6.08 Å². The Morgan fingerprint density at radius 2 is 1.96 bits per heavy atom. The smallest absolute Gasteiger partial charge is 0.244 e. The summed E-state index contributed by atoms with van der Waals surface area (Å²) in [5.41, 5.74) is 6.66. The quantitative estimate of drug-likeness (QED) is 0.803. The molecule has 1 unspecified atom stereocenters. The van der Waals surface area contributed by atoms with Gasteiger partial charge in [-0.15, -0.1) is 0 Å². The number of rotatable bonds is 5. The van der Waals surface area contributed by atoms with Gasteiger partial charge in [0.05, 0.1) is 5.02 Å². The fourth-order valence-corrected chi connectivity index (χ4v) is 2.68. The lowest BCUT2D eigenvalue weighted by molar-refractivity contribution is -0.125. The van der Waals surface area contributed by atoms with Gasteiger partial charge in [-0.1, -0.05) is 41.9 Å². The van der Waals surface area contributed by atoms with Crippen LogP contribution in [-0.2, 0) is 9.59 Å². The van der Waals surface area contributed by atoms with Crippen LogP contribution in [0.3, 0.4) is 0 Å². The van der Waals surface area contributed by atoms with Gasteiger partial charge in [-0.3, -0.25) is 9.59 Å². The van der Waals surface area contributed by atoms with Crippen molar-refractivity contribution >= 4 is 29.5 Å². The Hall–Kier alpha value is -2.99. The Morgan fingerprint density at radius 1 is 1.20 bits per heavy atom. The Balaban J connectivity index is 1.72. The van der Waals surface area contributed by atoms with Crippen LogP contribution in [0.15, 0.2) is 48.5 Å². The highest BCUT2D eigenvalue weighted by molar-refractivity contribution is 6.32. The van der Waals surface area contributed by atoms with Crippen molar-refractivity contribution in [1.82, 2.24) is 5.32 Å². The standard InChI is InChI=1S/C18H15ClN2O4/c19-13-8-11(9-14-17(13)25-10-24-14)6-7-15(22)21-16(18(20)23)12-4-2-1-3-5-12/h1-9,16H,10H2,(H2,20,23)(H,21,22)/b7-6+. The molecule has 0 bridgehead atoms. The van der Waals surface area contributed by atoms with Crippen molar-refractivity contribution in [2.24, 2.45) is 5.73 Å². The normalized spacial score (nSPS) is 13.6. The highest BCUT2D eigenvalue weighted by atomic mass is 35.5. The third kappa shape index (κ3) is 3.92. The molecular formula is C18H15ClN2O4. The van der Waals surface area contributed by atoms with Crippen LogP contribution >= 0.6 is 11.6 Å². The molecule has 2 aromatic rings. The number of carbonyl (C=O) groups excluding carboxylic acids is 2. The van der Waals surface area contributed by atoms with Gasteiger partial charge >= 0.3 is 0 Å². The SMILES string of the molecule is NC(=O)C(NC(=O)/C=C/c1cc(Cl)c2c(c1)OCO2)c1ccccc1. The topological polar surface area (TPSA) is 90.7 Å². The van der Waals surface area contributed by atoms with Crippen LogP contribution in [0.2, 0.25) is 5.02 Å². The molecule has 1 aliphatic heterocycles. The van der Waals surface area contributed by atoms with Crippen molar-refractivity contribution in [2.45, 2.75) is 6.04 Å². The highest BCUT2D eigenvalue weighted by Crippen LogP contribution is 2.40. The minimum Gasteiger partial charge on any atom is -0.454 e. The molecule has 0 spiro atoms. The molecule has 25 heavy (non-hydrogen) atoms. The molecule has 7 heteroatoms. The van der Waals surface area contributed by atoms with E-state index in [0.717, 1.165) is 0 Å². The van der Waals surface area contributed by atoms with E-state index in [9.17, 15) is 9.59 Å². The summed E-state index contributed by atoms with van der Waals surface area (Å²) in [4.78, 5) is 23.7. The Morgan fingerprint density at radius 3 is 2.68 bits per heavy atom. The number of carbonyl (C=O) groups is 2. The molecule has 3 rings (SSSR count). The highest BCUT2D eigenvalue weighted by Gasteiger charge is 2.19. The molecule has 0 saturated heterocycles. The Labute approximate surface area is 149 Å². The van der Waals surface area contributed by atoms with Crippen molar-refractivity contribution in [3.63, 3.8) is 0 Å². The first-order valence-corrected chi connectivity index (χ1v) is 7.84. The van der Waals surface area contributed by atoms with Crippen molar-refractivity contribution in [3.05, 3.63) is 64.7 Å². The van der Waals surface area contributed by atoms with Crippen LogP contribution in [0.4, 0.5) is 0 Å². The summed E-state index contributed by atoms with van der Waals surface area (Å²) in [5.74, 6) is -0.0893. The summed E-state index contributed by atoms with van der Waals surface area (Å²) in [5, 5.41) is 2.98. The van der Waals surface area contributed by atoms with E-state index >= 15 is 0 Å². The van der Waals surface area contributed by atoms with Crippen LogP contribution in [0, 0.1) is 0 Å². The maximum absolute atomic E-state index is 12.1. The van der Waals surface area contributed by atoms with E-state index in [-0.39, 0.29) is 6.79 Å². The molecule has 2 amide bonds. The molecule has 3 N–H and O–H groups in total. The van der Waals surface area contributed by atoms with Gasteiger partial charge in [0.2, 0.25) is 18.6 Å². The molecule has 0 fully saturated rings. The first kappa shape index (κ1) is 16.9. The number of halogens is 1. The average molecular weight is 359 g/mol. The van der Waals surface area contributed by atoms with Crippen molar-refractivity contribution in [2.75, 3.05) is 6.79 Å². The predicted octanol–water partition coefficient (Wildman–Crippen LogP) is 2.42. The van der Waals surface area contributed by atoms with Crippen LogP contribution in [0.5, 0.6) is 11.5 Å². The summed E-state index contributed by atoms with van der Waals surface area (Å²) in [6.07, 6.45) is 2.86. The van der Waals surface area contributed by atoms with Gasteiger partial charge in [-0.25, -0.2) is 0 Å². The van der Waals surface area contributed by atoms with Crippen LogP contribution in [0.25, 0.3) is 6.08 Å². The molecular weight excluding hydrogens is 344 g/mol. The van der Waals surface area contributed by atoms with E-state index in [2.05, 4.69) is 5.32 Å². The molecule has 0 radical (unpaired) electrons. The number of benzene rings is 2. The summed E-state index contributed by atoms with van der Waals surface area (Å²) in [6.45, 7) is 0.111. The number of nitrogens with one attached hydrogen (secondary N) is 1. The molecule has 1 aliphatic rings. The van der Waals surface area contributed by atoms with Gasteiger partial charge in [0.1, 0.15) is 6.04 Å². The van der Waals surface area contributed by atoms with E-state index in [1.807, 2.05) is 6.07 Å². The number of ether oxygens (including phenoxy) is 2. The molecule has 1 atom stereocenters. The van der Waals surface area contributed by atoms with Crippen molar-refractivity contribution < 1.29 is 19.1 Å². The second-order valence-electron chi connectivity index (χ2n) is 5.32. The minimum absolute atomic E-state index is 0.111. The summed E-state index contributed by atoms with van der Waals surface area (Å²) < 4.78 is 10.5. The third-order valence-corrected chi connectivity index (χ3v) is 3.86. The Kier molecular flexibility index (Phi) is 4.90. The lowest BCUT2D eigenvalue weighted by atomic mass is 10.1. The molecule has 1 heterocycles. The molecule has 0 aliphatic carbocycles. The maximum Gasteiger partial charge on any atom is 0.244 e. The van der Waals surface area contributed by atoms with E-state index in [4.69, 9.17) is 26.8 Å². The van der Waals surface area contributed by atoms with Gasteiger partial charge in [0.15, 0.2) is 11.5 Å². The van der Waals surface area contributed by atoms with Crippen LogP contribution < -0.4 is 20.5 Å². The van der Waals surface area contributed by atoms with Gasteiger partial charge in [-0.2, -0.15) is 0 Å². The summed E-state index contributed by atoms with van der Waals surface area (Å²) in [6, 6.07) is 11.2. The lowest BCUT2D eigenvalue weighted by Gasteiger charge is -2.14. The number of amides is 2. The number of fused-ring (bicyclic) bond motifs is 1. The first-order chi connectivity index (χ1) is 12.0. The van der Waals surface area contributed by atoms with E-state index in [0.29, 0.717) is 27.6 Å². The lowest BCUT2D eigenvalue weighted by Crippen LogP contribution is -2.36. The van der Waals surface area contributed by atoms with E-state index in [1.54, 1.807) is 42.5 Å². The first-order valence-electron chi connectivity index (χ1n) is 7.46. The minimum atomic E-state index is -0.904. The summed E-state index contributed by atoms with van der Waals surface area (Å²) >= 11 is 6.10. The number of primary amides is 1. The molecule has 2 aromatic carbocycles. The van der Waals surface area contributed by atoms with Crippen LogP contribution in [0.1, 0.15) is 17.2 Å². The molecule has 6 nitrogen and oxygen atoms in total. The molecule has 128 valence electrons. The zero-order valence-electron chi connectivity index (χ0n) is 13.1. The summed E-state index contributed by atoms with van der Waals surface area (Å²) in [7, 11) is 0. The second-order valence-corrected chi connectivity index (χ2v) is 5.73. The monoisotopic (exact) mass is 358 g/mol. The molecule has 0 saturated carbocycles. The Bertz CT molecular complexity index is 836. The number of nitrogens with two attached hydrogens (primary N) is 1. The fourth-order valence-electron chi connectivity index (χ4n) is 2.41. The zero-order valence-corrected chi connectivity index (χ0v) is 13.8. The average Bonchev–Trinajstić information content (AvgIpc) is 3.07. The van der Waals surface area contributed by atoms with Crippen LogP contribution in [-0.4, -0.2) is 18.6 Å². The fraction of sp³-hybridized carbons (Fsp3) is 0.111. The number of hydrogen-bond donors (Lipinski definition) is 2. The zero-order chi connectivity index (χ0) is 17.8. The maximum atomic E-state index is 12.1. The van der Waals surface area contributed by atoms with Gasteiger partial charge in [-0.05, 0) is 29.3 Å². The van der Waals surface area contributed by atoms with E-state index in [1.165, 1.54) is 6.08 Å². The predicted molar refractivity (Wildman–Crippen MR) is 93.1 cm³/mol. The van der Waals surface area contributed by atoms with Crippen molar-refractivity contribution in [1.29, 1.82) is 0 Å².